The van der Waals surface area contributed by atoms with Gasteiger partial charge in [0.15, 0.2) is 0 Å². The molecule has 122 valence electrons. The van der Waals surface area contributed by atoms with Gasteiger partial charge in [-0.05, 0) is 65.4 Å². The molecule has 2 rings (SSSR count). The van der Waals surface area contributed by atoms with E-state index in [0.29, 0.717) is 16.6 Å². The van der Waals surface area contributed by atoms with Crippen molar-refractivity contribution in [3.63, 3.8) is 0 Å². The molecule has 0 spiro atoms. The molecule has 0 aromatic heterocycles. The second-order valence-electron chi connectivity index (χ2n) is 6.44. The smallest absolute Gasteiger partial charge is 0.252 e. The van der Waals surface area contributed by atoms with Crippen LogP contribution in [0.3, 0.4) is 0 Å². The van der Waals surface area contributed by atoms with Gasteiger partial charge in [-0.15, -0.1) is 0 Å². The van der Waals surface area contributed by atoms with Crippen LogP contribution in [0.5, 0.6) is 0 Å². The van der Waals surface area contributed by atoms with E-state index in [4.69, 9.17) is 0 Å². The Labute approximate surface area is 140 Å². The Balaban J connectivity index is 1.74. The minimum Gasteiger partial charge on any atom is -0.352 e. The van der Waals surface area contributed by atoms with Gasteiger partial charge in [0.25, 0.3) is 5.91 Å². The van der Waals surface area contributed by atoms with E-state index in [2.05, 4.69) is 40.0 Å². The number of benzene rings is 1. The quantitative estimate of drug-likeness (QED) is 0.801. The number of rotatable bonds is 5. The maximum atomic E-state index is 13.2. The van der Waals surface area contributed by atoms with Crippen LogP contribution in [0.2, 0.25) is 0 Å². The highest BCUT2D eigenvalue weighted by Gasteiger charge is 2.21. The summed E-state index contributed by atoms with van der Waals surface area (Å²) in [7, 11) is 0. The molecule has 2 atom stereocenters. The van der Waals surface area contributed by atoms with Gasteiger partial charge in [0.1, 0.15) is 5.82 Å². The first-order valence-electron chi connectivity index (χ1n) is 7.91. The molecule has 1 N–H and O–H groups in total. The minimum atomic E-state index is -0.398. The van der Waals surface area contributed by atoms with Gasteiger partial charge >= 0.3 is 0 Å². The molecule has 0 unspecified atom stereocenters. The number of hydrogen-bond donors (Lipinski definition) is 1. The largest absolute Gasteiger partial charge is 0.352 e. The molecule has 22 heavy (non-hydrogen) atoms. The molecule has 3 nitrogen and oxygen atoms in total. The Morgan fingerprint density at radius 1 is 1.36 bits per heavy atom. The number of hydrogen-bond acceptors (Lipinski definition) is 2. The molecule has 0 radical (unpaired) electrons. The molecule has 1 saturated heterocycles. The lowest BCUT2D eigenvalue weighted by Gasteiger charge is -2.34. The number of carbonyl (C=O) groups is 1. The molecule has 1 aliphatic heterocycles. The van der Waals surface area contributed by atoms with Gasteiger partial charge in [-0.1, -0.05) is 13.8 Å². The third-order valence-electron chi connectivity index (χ3n) is 4.05. The van der Waals surface area contributed by atoms with Crippen molar-refractivity contribution in [2.45, 2.75) is 26.7 Å². The Morgan fingerprint density at radius 3 is 2.73 bits per heavy atom. The van der Waals surface area contributed by atoms with Crippen molar-refractivity contribution in [3.8, 4) is 0 Å². The lowest BCUT2D eigenvalue weighted by Crippen LogP contribution is -2.40. The fraction of sp³-hybridized carbons (Fsp3) is 0.588. The second-order valence-corrected chi connectivity index (χ2v) is 7.29. The molecule has 5 heteroatoms. The van der Waals surface area contributed by atoms with Gasteiger partial charge in [-0.2, -0.15) is 0 Å². The van der Waals surface area contributed by atoms with E-state index in [1.807, 2.05) is 0 Å². The molecule has 1 fully saturated rings. The van der Waals surface area contributed by atoms with Crippen molar-refractivity contribution in [1.29, 1.82) is 0 Å². The minimum absolute atomic E-state index is 0.230. The summed E-state index contributed by atoms with van der Waals surface area (Å²) >= 11 is 3.28. The van der Waals surface area contributed by atoms with Gasteiger partial charge in [-0.3, -0.25) is 4.79 Å². The van der Waals surface area contributed by atoms with Gasteiger partial charge < -0.3 is 10.2 Å². The van der Waals surface area contributed by atoms with Crippen LogP contribution < -0.4 is 5.32 Å². The summed E-state index contributed by atoms with van der Waals surface area (Å²) in [5.74, 6) is 0.875. The van der Waals surface area contributed by atoms with Crippen LogP contribution in [0.4, 0.5) is 4.39 Å². The van der Waals surface area contributed by atoms with Crippen LogP contribution in [-0.4, -0.2) is 37.0 Å². The molecule has 1 aromatic rings. The van der Waals surface area contributed by atoms with Crippen molar-refractivity contribution in [1.82, 2.24) is 10.2 Å². The number of nitrogens with one attached hydrogen (secondary N) is 1. The fourth-order valence-electron chi connectivity index (χ4n) is 3.25. The fourth-order valence-corrected chi connectivity index (χ4v) is 3.67. The number of likely N-dealkylation sites (tertiary alicyclic amines) is 1. The first-order chi connectivity index (χ1) is 10.5. The van der Waals surface area contributed by atoms with Crippen LogP contribution >= 0.6 is 15.9 Å². The van der Waals surface area contributed by atoms with E-state index in [1.165, 1.54) is 18.6 Å². The van der Waals surface area contributed by atoms with E-state index in [9.17, 15) is 9.18 Å². The first kappa shape index (κ1) is 17.4. The molecule has 0 bridgehead atoms. The van der Waals surface area contributed by atoms with Crippen LogP contribution in [0.15, 0.2) is 22.7 Å². The average Bonchev–Trinajstić information content (AvgIpc) is 2.45. The number of carbonyl (C=O) groups excluding carboxylic acids is 1. The zero-order valence-electron chi connectivity index (χ0n) is 13.2. The first-order valence-corrected chi connectivity index (χ1v) is 8.70. The topological polar surface area (TPSA) is 32.3 Å². The molecule has 1 aromatic carbocycles. The van der Waals surface area contributed by atoms with Gasteiger partial charge in [0.05, 0.1) is 5.56 Å². The highest BCUT2D eigenvalue weighted by atomic mass is 79.9. The summed E-state index contributed by atoms with van der Waals surface area (Å²) in [6, 6.07) is 4.15. The number of nitrogens with zero attached hydrogens (tertiary/aromatic N) is 1. The summed E-state index contributed by atoms with van der Waals surface area (Å²) < 4.78 is 13.8. The third-order valence-corrected chi connectivity index (χ3v) is 4.75. The van der Waals surface area contributed by atoms with Gasteiger partial charge in [-0.25, -0.2) is 4.39 Å². The Bertz CT molecular complexity index is 513. The lowest BCUT2D eigenvalue weighted by atomic mass is 9.92. The second kappa shape index (κ2) is 8.06. The summed E-state index contributed by atoms with van der Waals surface area (Å²) in [4.78, 5) is 14.5. The van der Waals surface area contributed by atoms with E-state index < -0.39 is 5.82 Å². The summed E-state index contributed by atoms with van der Waals surface area (Å²) in [5.41, 5.74) is 0.347. The summed E-state index contributed by atoms with van der Waals surface area (Å²) in [6.45, 7) is 8.50. The normalized spacial score (nSPS) is 22.5. The highest BCUT2D eigenvalue weighted by Crippen LogP contribution is 2.21. The van der Waals surface area contributed by atoms with Crippen LogP contribution in [-0.2, 0) is 0 Å². The van der Waals surface area contributed by atoms with Gasteiger partial charge in [0.2, 0.25) is 0 Å². The van der Waals surface area contributed by atoms with Crippen molar-refractivity contribution < 1.29 is 9.18 Å². The predicted octanol–water partition coefficient (Wildman–Crippen LogP) is 3.69. The number of piperidine rings is 1. The maximum Gasteiger partial charge on any atom is 0.252 e. The molecular weight excluding hydrogens is 347 g/mol. The Hall–Kier alpha value is -0.940. The lowest BCUT2D eigenvalue weighted by molar-refractivity contribution is 0.0946. The van der Waals surface area contributed by atoms with Crippen LogP contribution in [0, 0.1) is 17.7 Å². The molecule has 1 aliphatic rings. The third kappa shape index (κ3) is 5.06. The van der Waals surface area contributed by atoms with Crippen molar-refractivity contribution in [3.05, 3.63) is 34.1 Å². The zero-order valence-corrected chi connectivity index (χ0v) is 14.8. The molecule has 1 heterocycles. The number of amides is 1. The van der Waals surface area contributed by atoms with Crippen molar-refractivity contribution in [2.24, 2.45) is 11.8 Å². The summed E-state index contributed by atoms with van der Waals surface area (Å²) in [5, 5.41) is 2.87. The molecule has 1 amide bonds. The molecular formula is C17H24BrFN2O. The monoisotopic (exact) mass is 370 g/mol. The van der Waals surface area contributed by atoms with E-state index in [1.54, 1.807) is 6.07 Å². The zero-order chi connectivity index (χ0) is 16.1. The van der Waals surface area contributed by atoms with E-state index in [-0.39, 0.29) is 5.91 Å². The van der Waals surface area contributed by atoms with E-state index in [0.717, 1.165) is 37.9 Å². The highest BCUT2D eigenvalue weighted by molar-refractivity contribution is 9.10. The Kier molecular flexibility index (Phi) is 6.38. The van der Waals surface area contributed by atoms with Crippen LogP contribution in [0.25, 0.3) is 0 Å². The predicted molar refractivity (Wildman–Crippen MR) is 90.4 cm³/mol. The molecule has 0 aliphatic carbocycles. The molecule has 0 saturated carbocycles. The van der Waals surface area contributed by atoms with Crippen molar-refractivity contribution >= 4 is 21.8 Å². The van der Waals surface area contributed by atoms with Gasteiger partial charge in [0, 0.05) is 24.1 Å². The summed E-state index contributed by atoms with van der Waals surface area (Å²) in [6.07, 6.45) is 2.22. The Morgan fingerprint density at radius 2 is 2.05 bits per heavy atom. The maximum absolute atomic E-state index is 13.2. The average molecular weight is 371 g/mol. The van der Waals surface area contributed by atoms with Crippen LogP contribution in [0.1, 0.15) is 37.0 Å². The standard InChI is InChI=1S/C17H24BrFN2O/c1-12-8-13(2)11-21(10-12)7-3-6-20-17(22)15-9-14(19)4-5-16(15)18/h4-5,9,12-13H,3,6-8,10-11H2,1-2H3,(H,20,22)/t12-,13-/m0/s1. The SMILES string of the molecule is C[C@H]1C[C@H](C)CN(CCCNC(=O)c2cc(F)ccc2Br)C1. The van der Waals surface area contributed by atoms with E-state index >= 15 is 0 Å². The van der Waals surface area contributed by atoms with Crippen molar-refractivity contribution in [2.75, 3.05) is 26.2 Å². The number of halogens is 2.